The number of rotatable bonds is 7. The van der Waals surface area contributed by atoms with E-state index in [1.165, 1.54) is 6.26 Å². The van der Waals surface area contributed by atoms with Crippen molar-refractivity contribution in [3.63, 3.8) is 0 Å². The summed E-state index contributed by atoms with van der Waals surface area (Å²) in [6, 6.07) is 14.0. The summed E-state index contributed by atoms with van der Waals surface area (Å²) in [6.07, 6.45) is 1.58. The average molecular weight is 400 g/mol. The number of amides is 1. The molecule has 2 aromatic rings. The van der Waals surface area contributed by atoms with E-state index in [0.717, 1.165) is 5.56 Å². The van der Waals surface area contributed by atoms with Gasteiger partial charge in [-0.1, -0.05) is 47.5 Å². The van der Waals surface area contributed by atoms with E-state index < -0.39 is 9.84 Å². The van der Waals surface area contributed by atoms with Gasteiger partial charge in [-0.15, -0.1) is 0 Å². The largest absolute Gasteiger partial charge is 0.351 e. The van der Waals surface area contributed by atoms with Gasteiger partial charge in [-0.05, 0) is 36.2 Å². The summed E-state index contributed by atoms with van der Waals surface area (Å²) in [5, 5.41) is 3.69. The molecule has 2 rings (SSSR count). The third-order valence-corrected chi connectivity index (χ3v) is 5.51. The molecule has 0 aliphatic heterocycles. The van der Waals surface area contributed by atoms with E-state index in [0.29, 0.717) is 28.6 Å². The summed E-state index contributed by atoms with van der Waals surface area (Å²) >= 11 is 12.0. The van der Waals surface area contributed by atoms with Gasteiger partial charge >= 0.3 is 0 Å². The maximum Gasteiger partial charge on any atom is 0.251 e. The van der Waals surface area contributed by atoms with Gasteiger partial charge in [0.2, 0.25) is 0 Å². The zero-order chi connectivity index (χ0) is 18.4. The van der Waals surface area contributed by atoms with Crippen LogP contribution in [0.25, 0.3) is 0 Å². The van der Waals surface area contributed by atoms with E-state index in [1.54, 1.807) is 42.5 Å². The summed E-state index contributed by atoms with van der Waals surface area (Å²) in [5.41, 5.74) is 1.39. The number of hydrogen-bond donors (Lipinski definition) is 1. The van der Waals surface area contributed by atoms with Crippen molar-refractivity contribution in [1.82, 2.24) is 5.32 Å². The van der Waals surface area contributed by atoms with Crippen LogP contribution in [0.2, 0.25) is 10.0 Å². The maximum atomic E-state index is 12.2. The van der Waals surface area contributed by atoms with Crippen LogP contribution in [-0.2, 0) is 9.84 Å². The molecule has 0 saturated carbocycles. The van der Waals surface area contributed by atoms with Gasteiger partial charge < -0.3 is 5.32 Å². The van der Waals surface area contributed by atoms with Crippen LogP contribution >= 0.6 is 23.2 Å². The molecule has 0 aliphatic carbocycles. The van der Waals surface area contributed by atoms with Crippen LogP contribution in [0.1, 0.15) is 28.3 Å². The van der Waals surface area contributed by atoms with E-state index >= 15 is 0 Å². The van der Waals surface area contributed by atoms with Gasteiger partial charge in [-0.25, -0.2) is 8.42 Å². The van der Waals surface area contributed by atoms with Gasteiger partial charge in [0.25, 0.3) is 5.91 Å². The Bertz CT molecular complexity index is 839. The highest BCUT2D eigenvalue weighted by Crippen LogP contribution is 2.28. The fourth-order valence-corrected chi connectivity index (χ4v) is 3.44. The van der Waals surface area contributed by atoms with Crippen molar-refractivity contribution in [2.24, 2.45) is 0 Å². The Kier molecular flexibility index (Phi) is 6.87. The SMILES string of the molecule is CS(=O)(=O)CCC(CNC(=O)c1ccccc1)c1ccc(Cl)c(Cl)c1. The number of benzene rings is 2. The number of hydrogen-bond acceptors (Lipinski definition) is 3. The molecular formula is C18H19Cl2NO3S. The standard InChI is InChI=1S/C18H19Cl2NO3S/c1-25(23,24)10-9-15(14-7-8-16(19)17(20)11-14)12-21-18(22)13-5-3-2-4-6-13/h2-8,11,15H,9-10,12H2,1H3,(H,21,22). The Morgan fingerprint density at radius 3 is 2.36 bits per heavy atom. The molecule has 0 saturated heterocycles. The highest BCUT2D eigenvalue weighted by atomic mass is 35.5. The zero-order valence-electron chi connectivity index (χ0n) is 13.7. The molecule has 1 atom stereocenters. The maximum absolute atomic E-state index is 12.2. The Hall–Kier alpha value is -1.56. The van der Waals surface area contributed by atoms with E-state index in [4.69, 9.17) is 23.2 Å². The summed E-state index contributed by atoms with van der Waals surface area (Å²) in [4.78, 5) is 12.2. The van der Waals surface area contributed by atoms with Crippen LogP contribution in [0.15, 0.2) is 48.5 Å². The van der Waals surface area contributed by atoms with E-state index in [2.05, 4.69) is 5.32 Å². The van der Waals surface area contributed by atoms with Crippen molar-refractivity contribution < 1.29 is 13.2 Å². The Morgan fingerprint density at radius 1 is 1.08 bits per heavy atom. The topological polar surface area (TPSA) is 63.2 Å². The minimum atomic E-state index is -3.11. The average Bonchev–Trinajstić information content (AvgIpc) is 2.57. The molecule has 0 spiro atoms. The molecule has 0 bridgehead atoms. The number of nitrogens with one attached hydrogen (secondary N) is 1. The van der Waals surface area contributed by atoms with Gasteiger partial charge in [0.15, 0.2) is 0 Å². The van der Waals surface area contributed by atoms with Crippen molar-refractivity contribution >= 4 is 38.9 Å². The van der Waals surface area contributed by atoms with Gasteiger partial charge in [0.05, 0.1) is 15.8 Å². The summed E-state index contributed by atoms with van der Waals surface area (Å²) in [6.45, 7) is 0.307. The van der Waals surface area contributed by atoms with Crippen LogP contribution in [0.3, 0.4) is 0 Å². The lowest BCUT2D eigenvalue weighted by Crippen LogP contribution is -2.29. The lowest BCUT2D eigenvalue weighted by atomic mass is 9.96. The molecule has 2 aromatic carbocycles. The van der Waals surface area contributed by atoms with Crippen LogP contribution in [0, 0.1) is 0 Å². The summed E-state index contributed by atoms with van der Waals surface area (Å²) in [7, 11) is -3.11. The van der Waals surface area contributed by atoms with Gasteiger partial charge in [0, 0.05) is 24.3 Å². The predicted molar refractivity (Wildman–Crippen MR) is 102 cm³/mol. The number of carbonyl (C=O) groups is 1. The van der Waals surface area contributed by atoms with Crippen molar-refractivity contribution in [2.75, 3.05) is 18.6 Å². The molecule has 0 radical (unpaired) electrons. The van der Waals surface area contributed by atoms with Crippen LogP contribution in [0.4, 0.5) is 0 Å². The first-order valence-corrected chi connectivity index (χ1v) is 10.5. The predicted octanol–water partition coefficient (Wildman–Crippen LogP) is 3.94. The van der Waals surface area contributed by atoms with Crippen molar-refractivity contribution in [3.8, 4) is 0 Å². The van der Waals surface area contributed by atoms with Crippen LogP contribution in [0.5, 0.6) is 0 Å². The number of carbonyl (C=O) groups excluding carboxylic acids is 1. The van der Waals surface area contributed by atoms with E-state index in [9.17, 15) is 13.2 Å². The number of halogens is 2. The second-order valence-electron chi connectivity index (χ2n) is 5.87. The molecule has 1 unspecified atom stereocenters. The molecule has 0 aliphatic rings. The first-order valence-electron chi connectivity index (χ1n) is 7.72. The summed E-state index contributed by atoms with van der Waals surface area (Å²) in [5.74, 6) is -0.360. The lowest BCUT2D eigenvalue weighted by molar-refractivity contribution is 0.0951. The third-order valence-electron chi connectivity index (χ3n) is 3.80. The molecule has 4 nitrogen and oxygen atoms in total. The number of sulfone groups is 1. The Labute approximate surface area is 158 Å². The second kappa shape index (κ2) is 8.70. The molecule has 1 N–H and O–H groups in total. The quantitative estimate of drug-likeness (QED) is 0.766. The smallest absolute Gasteiger partial charge is 0.251 e. The first kappa shape index (κ1) is 19.8. The highest BCUT2D eigenvalue weighted by Gasteiger charge is 2.17. The Morgan fingerprint density at radius 2 is 1.76 bits per heavy atom. The summed E-state index contributed by atoms with van der Waals surface area (Å²) < 4.78 is 23.0. The van der Waals surface area contributed by atoms with Crippen LogP contribution in [-0.4, -0.2) is 32.9 Å². The van der Waals surface area contributed by atoms with Crippen molar-refractivity contribution in [2.45, 2.75) is 12.3 Å². The van der Waals surface area contributed by atoms with Crippen molar-refractivity contribution in [1.29, 1.82) is 0 Å². The zero-order valence-corrected chi connectivity index (χ0v) is 16.0. The minimum absolute atomic E-state index is 0.0269. The highest BCUT2D eigenvalue weighted by molar-refractivity contribution is 7.90. The lowest BCUT2D eigenvalue weighted by Gasteiger charge is -2.18. The molecular weight excluding hydrogens is 381 g/mol. The first-order chi connectivity index (χ1) is 11.8. The van der Waals surface area contributed by atoms with Gasteiger partial charge in [-0.3, -0.25) is 4.79 Å². The molecule has 7 heteroatoms. The molecule has 25 heavy (non-hydrogen) atoms. The molecule has 0 heterocycles. The van der Waals surface area contributed by atoms with Crippen molar-refractivity contribution in [3.05, 3.63) is 69.7 Å². The van der Waals surface area contributed by atoms with Crippen LogP contribution < -0.4 is 5.32 Å². The van der Waals surface area contributed by atoms with Gasteiger partial charge in [0.1, 0.15) is 9.84 Å². The fraction of sp³-hybridized carbons (Fsp3) is 0.278. The molecule has 0 aromatic heterocycles. The monoisotopic (exact) mass is 399 g/mol. The molecule has 1 amide bonds. The van der Waals surface area contributed by atoms with Gasteiger partial charge in [-0.2, -0.15) is 0 Å². The molecule has 134 valence electrons. The van der Waals surface area contributed by atoms with E-state index in [1.807, 2.05) is 6.07 Å². The second-order valence-corrected chi connectivity index (χ2v) is 8.94. The fourth-order valence-electron chi connectivity index (χ4n) is 2.42. The Balaban J connectivity index is 2.13. The minimum Gasteiger partial charge on any atom is -0.351 e. The van der Waals surface area contributed by atoms with E-state index in [-0.39, 0.29) is 17.6 Å². The third kappa shape index (κ3) is 6.34. The molecule has 0 fully saturated rings. The normalized spacial score (nSPS) is 12.6.